The smallest absolute Gasteiger partial charge is 0.123 e. The van der Waals surface area contributed by atoms with E-state index in [9.17, 15) is 5.11 Å². The van der Waals surface area contributed by atoms with E-state index in [1.807, 2.05) is 37.3 Å². The molecule has 0 bridgehead atoms. The highest BCUT2D eigenvalue weighted by Gasteiger charge is 2.13. The van der Waals surface area contributed by atoms with E-state index >= 15 is 0 Å². The minimum atomic E-state index is 0.246. The monoisotopic (exact) mass is 351 g/mol. The van der Waals surface area contributed by atoms with Gasteiger partial charge in [-0.25, -0.2) is 0 Å². The predicted octanol–water partition coefficient (Wildman–Crippen LogP) is 6.63. The zero-order chi connectivity index (χ0) is 18.8. The molecule has 0 radical (unpaired) electrons. The van der Waals surface area contributed by atoms with Crippen LogP contribution >= 0.6 is 0 Å². The fraction of sp³-hybridized carbons (Fsp3) is 0.0400. The van der Waals surface area contributed by atoms with Crippen molar-refractivity contribution in [2.24, 2.45) is 0 Å². The molecule has 2 heteroatoms. The first-order chi connectivity index (χ1) is 13.2. The van der Waals surface area contributed by atoms with Gasteiger partial charge in [0.15, 0.2) is 0 Å². The first-order valence-corrected chi connectivity index (χ1v) is 9.02. The molecule has 1 N–H and O–H groups in total. The molecule has 0 saturated heterocycles. The summed E-state index contributed by atoms with van der Waals surface area (Å²) in [6, 6.07) is 22.5. The molecule has 0 aliphatic heterocycles. The third-order valence-corrected chi connectivity index (χ3v) is 4.82. The van der Waals surface area contributed by atoms with Gasteiger partial charge >= 0.3 is 0 Å². The number of benzene rings is 3. The molecule has 0 aliphatic rings. The predicted molar refractivity (Wildman–Crippen MR) is 115 cm³/mol. The molecule has 4 aromatic rings. The van der Waals surface area contributed by atoms with Crippen LogP contribution in [0.4, 0.5) is 0 Å². The van der Waals surface area contributed by atoms with Gasteiger partial charge < -0.3 is 9.67 Å². The van der Waals surface area contributed by atoms with Gasteiger partial charge in [-0.3, -0.25) is 0 Å². The molecule has 27 heavy (non-hydrogen) atoms. The lowest BCUT2D eigenvalue weighted by Gasteiger charge is -2.12. The van der Waals surface area contributed by atoms with Crippen LogP contribution in [0.3, 0.4) is 0 Å². The van der Waals surface area contributed by atoms with Crippen molar-refractivity contribution in [1.82, 2.24) is 4.57 Å². The number of phenolic OH excluding ortho intramolecular Hbond substituents is 1. The minimum Gasteiger partial charge on any atom is -0.507 e. The van der Waals surface area contributed by atoms with Crippen molar-refractivity contribution in [2.45, 2.75) is 6.92 Å². The van der Waals surface area contributed by atoms with Crippen LogP contribution in [0.15, 0.2) is 97.6 Å². The Balaban J connectivity index is 2.02. The number of aromatic nitrogens is 1. The standard InChI is InChI=1S/C25H21NO/c1-3-5-10-18(4-2)22-17-19(15-16-25(22)27)26-23-13-8-6-11-20(23)21-12-7-9-14-24(21)26/h3-17,27H,2H2,1H3/b5-3-,18-10+. The van der Waals surface area contributed by atoms with Gasteiger partial charge in [0.2, 0.25) is 0 Å². The summed E-state index contributed by atoms with van der Waals surface area (Å²) in [5.41, 5.74) is 4.95. The van der Waals surface area contributed by atoms with Crippen LogP contribution in [0.2, 0.25) is 0 Å². The van der Waals surface area contributed by atoms with Crippen molar-refractivity contribution in [3.05, 3.63) is 103 Å². The molecule has 132 valence electrons. The fourth-order valence-electron chi connectivity index (χ4n) is 3.56. The molecule has 1 aromatic heterocycles. The number of phenols is 1. The van der Waals surface area contributed by atoms with Crippen LogP contribution in [-0.4, -0.2) is 9.67 Å². The van der Waals surface area contributed by atoms with Crippen LogP contribution in [0.5, 0.6) is 5.75 Å². The highest BCUT2D eigenvalue weighted by atomic mass is 16.3. The van der Waals surface area contributed by atoms with E-state index in [0.29, 0.717) is 0 Å². The number of rotatable bonds is 4. The number of nitrogens with zero attached hydrogens (tertiary/aromatic N) is 1. The molecule has 3 aromatic carbocycles. The fourth-order valence-corrected chi connectivity index (χ4v) is 3.56. The highest BCUT2D eigenvalue weighted by Crippen LogP contribution is 2.34. The van der Waals surface area contributed by atoms with Gasteiger partial charge in [-0.2, -0.15) is 0 Å². The van der Waals surface area contributed by atoms with E-state index in [0.717, 1.165) is 27.9 Å². The van der Waals surface area contributed by atoms with Crippen LogP contribution in [0.25, 0.3) is 33.1 Å². The third kappa shape index (κ3) is 2.85. The van der Waals surface area contributed by atoms with Gasteiger partial charge in [0.25, 0.3) is 0 Å². The van der Waals surface area contributed by atoms with Gasteiger partial charge in [-0.05, 0) is 42.8 Å². The number of hydrogen-bond acceptors (Lipinski definition) is 1. The Bertz CT molecular complexity index is 1150. The molecule has 2 nitrogen and oxygen atoms in total. The summed E-state index contributed by atoms with van der Waals surface area (Å²) in [4.78, 5) is 0. The van der Waals surface area contributed by atoms with Crippen molar-refractivity contribution in [3.8, 4) is 11.4 Å². The molecule has 0 amide bonds. The van der Waals surface area contributed by atoms with Gasteiger partial charge in [0, 0.05) is 22.0 Å². The van der Waals surface area contributed by atoms with Crippen molar-refractivity contribution in [2.75, 3.05) is 0 Å². The Morgan fingerprint density at radius 3 is 2.15 bits per heavy atom. The molecule has 1 heterocycles. The van der Waals surface area contributed by atoms with Gasteiger partial charge in [0.1, 0.15) is 5.75 Å². The summed E-state index contributed by atoms with van der Waals surface area (Å²) in [7, 11) is 0. The zero-order valence-electron chi connectivity index (χ0n) is 15.3. The second kappa shape index (κ2) is 7.00. The Morgan fingerprint density at radius 1 is 0.926 bits per heavy atom. The lowest BCUT2D eigenvalue weighted by molar-refractivity contribution is 0.473. The molecule has 0 atom stereocenters. The molecule has 0 aliphatic carbocycles. The average Bonchev–Trinajstić information content (AvgIpc) is 3.04. The average molecular weight is 351 g/mol. The van der Waals surface area contributed by atoms with E-state index < -0.39 is 0 Å². The van der Waals surface area contributed by atoms with Crippen molar-refractivity contribution >= 4 is 27.4 Å². The highest BCUT2D eigenvalue weighted by molar-refractivity contribution is 6.09. The minimum absolute atomic E-state index is 0.246. The molecule has 0 unspecified atom stereocenters. The lowest BCUT2D eigenvalue weighted by atomic mass is 10.0. The lowest BCUT2D eigenvalue weighted by Crippen LogP contribution is -1.95. The van der Waals surface area contributed by atoms with Crippen LogP contribution in [0, 0.1) is 0 Å². The second-order valence-corrected chi connectivity index (χ2v) is 6.42. The molecular weight excluding hydrogens is 330 g/mol. The molecule has 0 fully saturated rings. The van der Waals surface area contributed by atoms with Gasteiger partial charge in [-0.15, -0.1) is 0 Å². The summed E-state index contributed by atoms with van der Waals surface area (Å²) in [6.45, 7) is 5.87. The Labute approximate surface area is 159 Å². The first kappa shape index (κ1) is 16.9. The third-order valence-electron chi connectivity index (χ3n) is 4.82. The zero-order valence-corrected chi connectivity index (χ0v) is 15.3. The normalized spacial score (nSPS) is 12.3. The summed E-state index contributed by atoms with van der Waals surface area (Å²) in [5, 5.41) is 12.9. The van der Waals surface area contributed by atoms with Crippen molar-refractivity contribution in [1.29, 1.82) is 0 Å². The summed E-state index contributed by atoms with van der Waals surface area (Å²) >= 11 is 0. The Kier molecular flexibility index (Phi) is 4.39. The number of aromatic hydroxyl groups is 1. The topological polar surface area (TPSA) is 25.2 Å². The summed E-state index contributed by atoms with van der Waals surface area (Å²) in [5.74, 6) is 0.246. The van der Waals surface area contributed by atoms with Crippen molar-refractivity contribution in [3.63, 3.8) is 0 Å². The van der Waals surface area contributed by atoms with E-state index in [-0.39, 0.29) is 5.75 Å². The number of hydrogen-bond donors (Lipinski definition) is 1. The van der Waals surface area contributed by atoms with Crippen LogP contribution in [-0.2, 0) is 0 Å². The van der Waals surface area contributed by atoms with Crippen LogP contribution < -0.4 is 0 Å². The van der Waals surface area contributed by atoms with E-state index in [2.05, 4.69) is 59.7 Å². The van der Waals surface area contributed by atoms with E-state index in [1.54, 1.807) is 12.1 Å². The van der Waals surface area contributed by atoms with Gasteiger partial charge in [0.05, 0.1) is 11.0 Å². The Hall–Kier alpha value is -3.52. The molecule has 4 rings (SSSR count). The van der Waals surface area contributed by atoms with Crippen LogP contribution in [0.1, 0.15) is 12.5 Å². The SMILES string of the molecule is C=C/C(=C\C=C/C)c1cc(-n2c3ccccc3c3ccccc32)ccc1O. The summed E-state index contributed by atoms with van der Waals surface area (Å²) < 4.78 is 2.24. The maximum Gasteiger partial charge on any atom is 0.123 e. The maximum atomic E-state index is 10.4. The van der Waals surface area contributed by atoms with E-state index in [4.69, 9.17) is 0 Å². The largest absolute Gasteiger partial charge is 0.507 e. The molecule has 0 saturated carbocycles. The maximum absolute atomic E-state index is 10.4. The number of fused-ring (bicyclic) bond motifs is 3. The first-order valence-electron chi connectivity index (χ1n) is 9.02. The molecule has 0 spiro atoms. The second-order valence-electron chi connectivity index (χ2n) is 6.42. The summed E-state index contributed by atoms with van der Waals surface area (Å²) in [6.07, 6.45) is 7.63. The van der Waals surface area contributed by atoms with E-state index in [1.165, 1.54) is 10.8 Å². The quantitative estimate of drug-likeness (QED) is 0.410. The van der Waals surface area contributed by atoms with Crippen molar-refractivity contribution < 1.29 is 5.11 Å². The Morgan fingerprint density at radius 2 is 1.56 bits per heavy atom. The number of para-hydroxylation sites is 2. The number of allylic oxidation sites excluding steroid dienone is 5. The van der Waals surface area contributed by atoms with Gasteiger partial charge in [-0.1, -0.05) is 67.3 Å². The molecular formula is C25H21NO.